The monoisotopic (exact) mass is 372 g/mol. The van der Waals surface area contributed by atoms with E-state index in [-0.39, 0.29) is 22.8 Å². The van der Waals surface area contributed by atoms with Gasteiger partial charge in [0, 0.05) is 31.1 Å². The lowest BCUT2D eigenvalue weighted by Gasteiger charge is -2.42. The van der Waals surface area contributed by atoms with Crippen LogP contribution in [0.25, 0.3) is 0 Å². The van der Waals surface area contributed by atoms with Crippen LogP contribution in [0.5, 0.6) is 0 Å². The molecule has 1 spiro atoms. The Morgan fingerprint density at radius 3 is 2.70 bits per heavy atom. The van der Waals surface area contributed by atoms with E-state index in [1.54, 1.807) is 11.2 Å². The van der Waals surface area contributed by atoms with E-state index in [1.165, 1.54) is 18.9 Å². The van der Waals surface area contributed by atoms with Crippen LogP contribution in [0.3, 0.4) is 0 Å². The van der Waals surface area contributed by atoms with Gasteiger partial charge in [-0.25, -0.2) is 8.78 Å². The number of halogens is 2. The molecule has 1 aliphatic heterocycles. The Hall–Kier alpha value is -2.31. The zero-order valence-corrected chi connectivity index (χ0v) is 15.1. The van der Waals surface area contributed by atoms with Gasteiger partial charge in [-0.2, -0.15) is 0 Å². The summed E-state index contributed by atoms with van der Waals surface area (Å²) in [6.07, 6.45) is 7.60. The second-order valence-electron chi connectivity index (χ2n) is 8.37. The van der Waals surface area contributed by atoms with Crippen molar-refractivity contribution >= 4 is 5.91 Å². The van der Waals surface area contributed by atoms with Gasteiger partial charge in [0.15, 0.2) is 11.6 Å². The first kappa shape index (κ1) is 16.8. The molecular formula is C20H22F2N4O. The van der Waals surface area contributed by atoms with Crippen LogP contribution in [-0.4, -0.2) is 38.7 Å². The fourth-order valence-corrected chi connectivity index (χ4v) is 4.68. The van der Waals surface area contributed by atoms with Crippen molar-refractivity contribution in [2.75, 3.05) is 13.1 Å². The Balaban J connectivity index is 1.41. The summed E-state index contributed by atoms with van der Waals surface area (Å²) < 4.78 is 28.9. The molecule has 1 unspecified atom stereocenters. The average Bonchev–Trinajstić information content (AvgIpc) is 3.16. The Labute approximate surface area is 156 Å². The van der Waals surface area contributed by atoms with Crippen LogP contribution in [-0.2, 0) is 6.54 Å². The summed E-state index contributed by atoms with van der Waals surface area (Å²) >= 11 is 0. The molecule has 0 N–H and O–H groups in total. The normalized spacial score (nSPS) is 23.6. The van der Waals surface area contributed by atoms with Crippen molar-refractivity contribution in [1.82, 2.24) is 19.7 Å². The first-order chi connectivity index (χ1) is 13.1. The van der Waals surface area contributed by atoms with Gasteiger partial charge in [-0.05, 0) is 55.2 Å². The quantitative estimate of drug-likeness (QED) is 0.827. The highest BCUT2D eigenvalue weighted by Gasteiger charge is 2.53. The zero-order chi connectivity index (χ0) is 18.6. The number of carbonyl (C=O) groups is 1. The molecule has 5 rings (SSSR count). The lowest BCUT2D eigenvalue weighted by Crippen LogP contribution is -2.38. The summed E-state index contributed by atoms with van der Waals surface area (Å²) in [5, 5.41) is 8.55. The van der Waals surface area contributed by atoms with Crippen LogP contribution in [0.2, 0.25) is 0 Å². The predicted molar refractivity (Wildman–Crippen MR) is 94.0 cm³/mol. The van der Waals surface area contributed by atoms with Crippen LogP contribution in [0.1, 0.15) is 54.2 Å². The number of nitrogens with zero attached hydrogens (tertiary/aromatic N) is 4. The summed E-state index contributed by atoms with van der Waals surface area (Å²) in [5.74, 6) is -0.313. The lowest BCUT2D eigenvalue weighted by atomic mass is 9.62. The van der Waals surface area contributed by atoms with Crippen LogP contribution in [0.4, 0.5) is 8.78 Å². The van der Waals surface area contributed by atoms with E-state index in [1.807, 2.05) is 0 Å². The molecule has 3 aliphatic rings. The van der Waals surface area contributed by atoms with Crippen LogP contribution >= 0.6 is 0 Å². The van der Waals surface area contributed by atoms with E-state index in [2.05, 4.69) is 14.8 Å². The molecule has 1 atom stereocenters. The van der Waals surface area contributed by atoms with Gasteiger partial charge in [0.05, 0.1) is 0 Å². The predicted octanol–water partition coefficient (Wildman–Crippen LogP) is 3.38. The number of carbonyl (C=O) groups excluding carboxylic acids is 1. The molecular weight excluding hydrogens is 350 g/mol. The second-order valence-corrected chi connectivity index (χ2v) is 8.37. The van der Waals surface area contributed by atoms with Gasteiger partial charge in [-0.15, -0.1) is 10.2 Å². The maximum atomic E-state index is 13.6. The smallest absolute Gasteiger partial charge is 0.254 e. The van der Waals surface area contributed by atoms with Gasteiger partial charge in [0.2, 0.25) is 0 Å². The highest BCUT2D eigenvalue weighted by molar-refractivity contribution is 5.94. The van der Waals surface area contributed by atoms with Crippen molar-refractivity contribution in [3.63, 3.8) is 0 Å². The van der Waals surface area contributed by atoms with Crippen molar-refractivity contribution < 1.29 is 13.6 Å². The van der Waals surface area contributed by atoms with E-state index in [9.17, 15) is 13.6 Å². The van der Waals surface area contributed by atoms with Gasteiger partial charge in [0.25, 0.3) is 5.91 Å². The second kappa shape index (κ2) is 6.11. The minimum Gasteiger partial charge on any atom is -0.337 e. The number of amides is 1. The van der Waals surface area contributed by atoms with Crippen LogP contribution in [0, 0.1) is 23.0 Å². The molecule has 3 fully saturated rings. The Morgan fingerprint density at radius 1 is 1.22 bits per heavy atom. The Bertz CT molecular complexity index is 888. The molecule has 5 nitrogen and oxygen atoms in total. The van der Waals surface area contributed by atoms with Crippen molar-refractivity contribution in [2.45, 2.75) is 44.6 Å². The topological polar surface area (TPSA) is 51.0 Å². The number of rotatable bonds is 4. The molecule has 1 aromatic carbocycles. The van der Waals surface area contributed by atoms with Gasteiger partial charge >= 0.3 is 0 Å². The third kappa shape index (κ3) is 2.84. The molecule has 1 amide bonds. The van der Waals surface area contributed by atoms with Crippen molar-refractivity contribution in [3.05, 3.63) is 47.5 Å². The van der Waals surface area contributed by atoms with Crippen LogP contribution < -0.4 is 0 Å². The highest BCUT2D eigenvalue weighted by atomic mass is 19.2. The number of likely N-dealkylation sites (tertiary alicyclic amines) is 1. The summed E-state index contributed by atoms with van der Waals surface area (Å²) in [6.45, 7) is 2.15. The van der Waals surface area contributed by atoms with Crippen molar-refractivity contribution in [1.29, 1.82) is 0 Å². The Morgan fingerprint density at radius 2 is 2.04 bits per heavy atom. The average molecular weight is 372 g/mol. The SMILES string of the molecule is O=C(c1ccc(F)c(F)c1)N1CC(c2nncn2CC2CC2)C2(CCC2)C1. The van der Waals surface area contributed by atoms with E-state index >= 15 is 0 Å². The lowest BCUT2D eigenvalue weighted by molar-refractivity contribution is 0.0722. The minimum atomic E-state index is -0.987. The van der Waals surface area contributed by atoms with Crippen molar-refractivity contribution in [3.8, 4) is 0 Å². The molecule has 2 saturated carbocycles. The molecule has 1 aromatic heterocycles. The third-order valence-corrected chi connectivity index (χ3v) is 6.56. The van der Waals surface area contributed by atoms with Gasteiger partial charge < -0.3 is 9.47 Å². The van der Waals surface area contributed by atoms with E-state index in [0.717, 1.165) is 49.7 Å². The molecule has 27 heavy (non-hydrogen) atoms. The third-order valence-electron chi connectivity index (χ3n) is 6.56. The van der Waals surface area contributed by atoms with Gasteiger partial charge in [0.1, 0.15) is 12.2 Å². The standard InChI is InChI=1S/C20H22F2N4O/c21-16-5-4-14(8-17(16)22)19(27)25-10-15(20(11-25)6-1-7-20)18-24-23-12-26(18)9-13-2-3-13/h4-5,8,12-13,15H,1-3,6-7,9-11H2. The molecule has 2 aromatic rings. The Kier molecular flexibility index (Phi) is 3.81. The highest BCUT2D eigenvalue weighted by Crippen LogP contribution is 2.55. The van der Waals surface area contributed by atoms with E-state index in [0.29, 0.717) is 13.1 Å². The maximum Gasteiger partial charge on any atom is 0.254 e. The van der Waals surface area contributed by atoms with Crippen molar-refractivity contribution in [2.24, 2.45) is 11.3 Å². The molecule has 142 valence electrons. The molecule has 7 heteroatoms. The molecule has 1 saturated heterocycles. The summed E-state index contributed by atoms with van der Waals surface area (Å²) in [4.78, 5) is 14.7. The molecule has 0 bridgehead atoms. The zero-order valence-electron chi connectivity index (χ0n) is 15.1. The molecule has 2 aliphatic carbocycles. The fourth-order valence-electron chi connectivity index (χ4n) is 4.68. The number of aromatic nitrogens is 3. The summed E-state index contributed by atoms with van der Waals surface area (Å²) in [7, 11) is 0. The minimum absolute atomic E-state index is 0.0442. The summed E-state index contributed by atoms with van der Waals surface area (Å²) in [5.41, 5.74) is 0.242. The number of hydrogen-bond acceptors (Lipinski definition) is 3. The van der Waals surface area contributed by atoms with Gasteiger partial charge in [-0.3, -0.25) is 4.79 Å². The first-order valence-corrected chi connectivity index (χ1v) is 9.68. The number of hydrogen-bond donors (Lipinski definition) is 0. The van der Waals surface area contributed by atoms with E-state index < -0.39 is 11.6 Å². The fraction of sp³-hybridized carbons (Fsp3) is 0.550. The maximum absolute atomic E-state index is 13.6. The van der Waals surface area contributed by atoms with Gasteiger partial charge in [-0.1, -0.05) is 6.42 Å². The molecule has 0 radical (unpaired) electrons. The molecule has 2 heterocycles. The first-order valence-electron chi connectivity index (χ1n) is 9.68. The van der Waals surface area contributed by atoms with E-state index in [4.69, 9.17) is 0 Å². The largest absolute Gasteiger partial charge is 0.337 e. The summed E-state index contributed by atoms with van der Waals surface area (Å²) in [6, 6.07) is 3.37. The van der Waals surface area contributed by atoms with Crippen LogP contribution in [0.15, 0.2) is 24.5 Å². The number of benzene rings is 1.